The van der Waals surface area contributed by atoms with Gasteiger partial charge in [0.25, 0.3) is 11.5 Å². The van der Waals surface area contributed by atoms with Crippen LogP contribution >= 0.6 is 11.3 Å². The van der Waals surface area contributed by atoms with Crippen molar-refractivity contribution >= 4 is 28.3 Å². The van der Waals surface area contributed by atoms with E-state index in [2.05, 4.69) is 25.6 Å². The van der Waals surface area contributed by atoms with E-state index in [9.17, 15) is 19.5 Å². The Morgan fingerprint density at radius 2 is 1.95 bits per heavy atom. The molecular formula is C27H25N5O4S. The van der Waals surface area contributed by atoms with Crippen LogP contribution in [0.1, 0.15) is 34.8 Å². The summed E-state index contributed by atoms with van der Waals surface area (Å²) in [7, 11) is 0. The van der Waals surface area contributed by atoms with Crippen LogP contribution in [0.2, 0.25) is 0 Å². The second kappa shape index (κ2) is 10.1. The van der Waals surface area contributed by atoms with Crippen molar-refractivity contribution in [2.45, 2.75) is 25.2 Å². The molecule has 1 aromatic carbocycles. The van der Waals surface area contributed by atoms with Gasteiger partial charge < -0.3 is 20.7 Å². The number of aryl methyl sites for hydroxylation is 1. The number of nitrogens with zero attached hydrogens (tertiary/aromatic N) is 2. The largest absolute Gasteiger partial charge is 0.395 e. The van der Waals surface area contributed by atoms with Gasteiger partial charge in [0.15, 0.2) is 5.13 Å². The fourth-order valence-corrected chi connectivity index (χ4v) is 5.15. The molecule has 0 spiro atoms. The van der Waals surface area contributed by atoms with Gasteiger partial charge in [0.05, 0.1) is 30.1 Å². The second-order valence-corrected chi connectivity index (χ2v) is 10.0. The molecule has 9 nitrogen and oxygen atoms in total. The zero-order valence-corrected chi connectivity index (χ0v) is 20.9. The highest BCUT2D eigenvalue weighted by atomic mass is 32.1. The predicted molar refractivity (Wildman–Crippen MR) is 142 cm³/mol. The van der Waals surface area contributed by atoms with Crippen LogP contribution in [0, 0.1) is 0 Å². The van der Waals surface area contributed by atoms with E-state index in [0.717, 1.165) is 24.0 Å². The van der Waals surface area contributed by atoms with Gasteiger partial charge >= 0.3 is 0 Å². The van der Waals surface area contributed by atoms with E-state index in [1.807, 2.05) is 19.1 Å². The molecule has 0 unspecified atom stereocenters. The van der Waals surface area contributed by atoms with Crippen molar-refractivity contribution in [3.8, 4) is 22.6 Å². The normalized spacial score (nSPS) is 16.3. The molecule has 0 radical (unpaired) electrons. The number of carbonyl (C=O) groups excluding carboxylic acids is 2. The highest BCUT2D eigenvalue weighted by Crippen LogP contribution is 2.38. The van der Waals surface area contributed by atoms with E-state index >= 15 is 0 Å². The minimum atomic E-state index is -0.409. The van der Waals surface area contributed by atoms with E-state index in [-0.39, 0.29) is 30.0 Å². The van der Waals surface area contributed by atoms with E-state index < -0.39 is 5.91 Å². The number of fused-ring (bicyclic) bond motifs is 1. The van der Waals surface area contributed by atoms with E-state index in [4.69, 9.17) is 0 Å². The van der Waals surface area contributed by atoms with Crippen molar-refractivity contribution < 1.29 is 14.7 Å². The number of carbonyl (C=O) groups is 2. The van der Waals surface area contributed by atoms with Crippen LogP contribution in [-0.4, -0.2) is 45.0 Å². The van der Waals surface area contributed by atoms with E-state index in [1.165, 1.54) is 11.3 Å². The van der Waals surface area contributed by atoms with Crippen molar-refractivity contribution in [2.75, 3.05) is 18.5 Å². The van der Waals surface area contributed by atoms with E-state index in [1.54, 1.807) is 48.0 Å². The van der Waals surface area contributed by atoms with Crippen LogP contribution in [0.4, 0.5) is 5.13 Å². The third-order valence-electron chi connectivity index (χ3n) is 6.58. The van der Waals surface area contributed by atoms with Gasteiger partial charge in [0, 0.05) is 22.6 Å². The molecule has 5 rings (SSSR count). The highest BCUT2D eigenvalue weighted by molar-refractivity contribution is 7.14. The fraction of sp³-hybridized carbons (Fsp3) is 0.222. The van der Waals surface area contributed by atoms with Gasteiger partial charge in [-0.15, -0.1) is 11.3 Å². The molecule has 1 atom stereocenters. The lowest BCUT2D eigenvalue weighted by molar-refractivity contribution is -0.115. The van der Waals surface area contributed by atoms with Crippen molar-refractivity contribution in [1.29, 1.82) is 0 Å². The number of aromatic nitrogens is 3. The summed E-state index contributed by atoms with van der Waals surface area (Å²) in [5.41, 5.74) is 4.09. The topological polar surface area (TPSA) is 137 Å². The first kappa shape index (κ1) is 24.5. The number of aliphatic hydroxyl groups excluding tert-OH is 1. The number of hydrogen-bond donors (Lipinski definition) is 4. The molecule has 0 aliphatic heterocycles. The molecule has 10 heteroatoms. The first-order valence-corrected chi connectivity index (χ1v) is 12.7. The molecule has 0 fully saturated rings. The molecule has 1 aliphatic rings. The quantitative estimate of drug-likeness (QED) is 0.299. The minimum absolute atomic E-state index is 0.0215. The Hall–Kier alpha value is -4.15. The first-order chi connectivity index (χ1) is 17.9. The summed E-state index contributed by atoms with van der Waals surface area (Å²) < 4.78 is 0. The zero-order chi connectivity index (χ0) is 26.0. The number of aliphatic hydroxyl groups is 1. The van der Waals surface area contributed by atoms with Crippen LogP contribution in [0.25, 0.3) is 22.6 Å². The molecule has 4 aromatic rings. The number of rotatable bonds is 7. The van der Waals surface area contributed by atoms with Gasteiger partial charge in [-0.2, -0.15) is 0 Å². The summed E-state index contributed by atoms with van der Waals surface area (Å²) in [5.74, 6) is -0.769. The number of aromatic amines is 1. The van der Waals surface area contributed by atoms with Gasteiger partial charge in [-0.3, -0.25) is 14.4 Å². The SMILES string of the molecule is C[C@]1(CO)CCc2ccc(C(=O)NCC(=O)Nc3nc(-c4cccc(-c5ccc[nH]c5=O)n4)cs3)cc21. The smallest absolute Gasteiger partial charge is 0.257 e. The zero-order valence-electron chi connectivity index (χ0n) is 20.1. The van der Waals surface area contributed by atoms with Crippen molar-refractivity contribution in [1.82, 2.24) is 20.3 Å². The van der Waals surface area contributed by atoms with Crippen LogP contribution in [0.3, 0.4) is 0 Å². The van der Waals surface area contributed by atoms with Crippen LogP contribution < -0.4 is 16.2 Å². The van der Waals surface area contributed by atoms with Crippen molar-refractivity contribution in [3.63, 3.8) is 0 Å². The Kier molecular flexibility index (Phi) is 6.68. The summed E-state index contributed by atoms with van der Waals surface area (Å²) in [6, 6.07) is 14.2. The number of H-pyrrole nitrogens is 1. The number of thiazole rings is 1. The Labute approximate surface area is 216 Å². The third-order valence-corrected chi connectivity index (χ3v) is 7.34. The Morgan fingerprint density at radius 3 is 2.76 bits per heavy atom. The summed E-state index contributed by atoms with van der Waals surface area (Å²) in [6.07, 6.45) is 3.27. The molecule has 37 heavy (non-hydrogen) atoms. The molecule has 3 aromatic heterocycles. The number of anilines is 1. The first-order valence-electron chi connectivity index (χ1n) is 11.8. The molecule has 4 N–H and O–H groups in total. The average molecular weight is 516 g/mol. The molecule has 1 aliphatic carbocycles. The standard InChI is InChI=1S/C27H25N5O4S/c1-27(15-33)10-9-16-7-8-17(12-19(16)27)24(35)29-13-23(34)32-26-31-22(14-37-26)21-6-2-5-20(30-21)18-4-3-11-28-25(18)36/h2-8,11-12,14,33H,9-10,13,15H2,1H3,(H,28,36)(H,29,35)(H,31,32,34)/t27-/m1/s1. The summed E-state index contributed by atoms with van der Waals surface area (Å²) in [6.45, 7) is 1.80. The fourth-order valence-electron chi connectivity index (χ4n) is 4.43. The summed E-state index contributed by atoms with van der Waals surface area (Å²) in [5, 5.41) is 17.3. The number of nitrogens with one attached hydrogen (secondary N) is 3. The lowest BCUT2D eigenvalue weighted by Gasteiger charge is -2.22. The maximum Gasteiger partial charge on any atom is 0.257 e. The number of benzene rings is 1. The molecule has 0 saturated heterocycles. The molecule has 188 valence electrons. The summed E-state index contributed by atoms with van der Waals surface area (Å²) in [4.78, 5) is 48.8. The molecule has 2 amide bonds. The number of amides is 2. The monoisotopic (exact) mass is 515 g/mol. The second-order valence-electron chi connectivity index (χ2n) is 9.18. The number of pyridine rings is 2. The van der Waals surface area contributed by atoms with Gasteiger partial charge in [0.1, 0.15) is 5.69 Å². The van der Waals surface area contributed by atoms with Gasteiger partial charge in [-0.1, -0.05) is 19.1 Å². The highest BCUT2D eigenvalue weighted by Gasteiger charge is 2.34. The van der Waals surface area contributed by atoms with Crippen LogP contribution in [-0.2, 0) is 16.6 Å². The van der Waals surface area contributed by atoms with E-state index in [0.29, 0.717) is 33.3 Å². The lowest BCUT2D eigenvalue weighted by atomic mass is 9.84. The molecule has 3 heterocycles. The average Bonchev–Trinajstić information content (AvgIpc) is 3.52. The molecule has 0 saturated carbocycles. The predicted octanol–water partition coefficient (Wildman–Crippen LogP) is 3.13. The summed E-state index contributed by atoms with van der Waals surface area (Å²) >= 11 is 1.24. The Balaban J connectivity index is 1.21. The maximum absolute atomic E-state index is 12.7. The Morgan fingerprint density at radius 1 is 1.11 bits per heavy atom. The maximum atomic E-state index is 12.7. The molecular weight excluding hydrogens is 490 g/mol. The van der Waals surface area contributed by atoms with Crippen LogP contribution in [0.5, 0.6) is 0 Å². The molecule has 0 bridgehead atoms. The van der Waals surface area contributed by atoms with Crippen LogP contribution in [0.15, 0.2) is 64.9 Å². The van der Waals surface area contributed by atoms with Crippen molar-refractivity contribution in [3.05, 3.63) is 87.2 Å². The third kappa shape index (κ3) is 5.07. The van der Waals surface area contributed by atoms with Gasteiger partial charge in [0.2, 0.25) is 5.91 Å². The Bertz CT molecular complexity index is 1550. The van der Waals surface area contributed by atoms with Crippen molar-refractivity contribution in [2.24, 2.45) is 0 Å². The van der Waals surface area contributed by atoms with Gasteiger partial charge in [-0.25, -0.2) is 9.97 Å². The minimum Gasteiger partial charge on any atom is -0.395 e. The lowest BCUT2D eigenvalue weighted by Crippen LogP contribution is -2.33. The van der Waals surface area contributed by atoms with Gasteiger partial charge in [-0.05, 0) is 60.4 Å². The number of hydrogen-bond acceptors (Lipinski definition) is 7.